The number of nitrogens with zero attached hydrogens (tertiary/aromatic N) is 2. The Morgan fingerprint density at radius 1 is 1.14 bits per heavy atom. The Bertz CT molecular complexity index is 1170. The number of likely N-dealkylation sites (tertiary alicyclic amines) is 1. The number of methoxy groups -OCH3 is 1. The number of rotatable bonds is 10. The monoisotopic (exact) mass is 524 g/mol. The van der Waals surface area contributed by atoms with Crippen molar-refractivity contribution in [2.24, 2.45) is 5.73 Å². The van der Waals surface area contributed by atoms with Crippen molar-refractivity contribution in [2.45, 2.75) is 38.0 Å². The van der Waals surface area contributed by atoms with E-state index < -0.39 is 6.04 Å². The number of carbonyl (C=O) groups excluding carboxylic acids is 2. The zero-order valence-corrected chi connectivity index (χ0v) is 21.8. The van der Waals surface area contributed by atoms with Gasteiger partial charge in [0, 0.05) is 38.8 Å². The molecule has 1 aliphatic heterocycles. The summed E-state index contributed by atoms with van der Waals surface area (Å²) >= 11 is 1.38. The lowest BCUT2D eigenvalue weighted by Gasteiger charge is -2.43. The first kappa shape index (κ1) is 26.8. The minimum atomic E-state index is -0.610. The molecular weight excluding hydrogens is 491 g/mol. The Hall–Kier alpha value is -3.27. The third kappa shape index (κ3) is 6.94. The number of thiophene rings is 1. The van der Waals surface area contributed by atoms with E-state index in [0.717, 1.165) is 16.9 Å². The molecule has 3 aromatic rings. The number of nitrogens with one attached hydrogen (secondary N) is 1. The Balaban J connectivity index is 1.60. The van der Waals surface area contributed by atoms with E-state index >= 15 is 0 Å². The van der Waals surface area contributed by atoms with Crippen LogP contribution in [0.1, 0.15) is 33.6 Å². The minimum Gasteiger partial charge on any atom is -0.497 e. The van der Waals surface area contributed by atoms with Crippen LogP contribution in [0.3, 0.4) is 0 Å². The molecule has 9 heteroatoms. The molecule has 0 saturated carbocycles. The minimum absolute atomic E-state index is 0.0252. The number of ether oxygens (including phenoxy) is 1. The second-order valence-electron chi connectivity index (χ2n) is 9.13. The van der Waals surface area contributed by atoms with Crippen LogP contribution in [-0.4, -0.2) is 60.4 Å². The quantitative estimate of drug-likeness (QED) is 0.423. The number of amides is 2. The molecule has 1 fully saturated rings. The van der Waals surface area contributed by atoms with E-state index in [4.69, 9.17) is 10.5 Å². The first-order chi connectivity index (χ1) is 18.0. The van der Waals surface area contributed by atoms with Crippen molar-refractivity contribution in [3.63, 3.8) is 0 Å². The van der Waals surface area contributed by atoms with Crippen LogP contribution < -0.4 is 15.8 Å². The average molecular weight is 525 g/mol. The smallest absolute Gasteiger partial charge is 0.264 e. The van der Waals surface area contributed by atoms with Gasteiger partial charge in [-0.05, 0) is 59.7 Å². The van der Waals surface area contributed by atoms with Gasteiger partial charge in [-0.2, -0.15) is 0 Å². The van der Waals surface area contributed by atoms with Crippen molar-refractivity contribution in [1.82, 2.24) is 15.1 Å². The fraction of sp³-hybridized carbons (Fsp3) is 0.357. The van der Waals surface area contributed by atoms with Gasteiger partial charge < -0.3 is 20.7 Å². The molecule has 0 radical (unpaired) electrons. The van der Waals surface area contributed by atoms with Crippen molar-refractivity contribution in [2.75, 3.05) is 26.7 Å². The van der Waals surface area contributed by atoms with Crippen LogP contribution in [0.2, 0.25) is 0 Å². The molecule has 3 N–H and O–H groups in total. The molecule has 0 spiro atoms. The number of hydrogen-bond acceptors (Lipinski definition) is 6. The maximum atomic E-state index is 13.6. The molecule has 4 rings (SSSR count). The van der Waals surface area contributed by atoms with E-state index in [1.807, 2.05) is 35.7 Å². The Kier molecular flexibility index (Phi) is 9.27. The van der Waals surface area contributed by atoms with Gasteiger partial charge in [-0.1, -0.05) is 30.3 Å². The Morgan fingerprint density at radius 2 is 1.92 bits per heavy atom. The summed E-state index contributed by atoms with van der Waals surface area (Å²) < 4.78 is 19.0. The maximum Gasteiger partial charge on any atom is 0.264 e. The first-order valence-corrected chi connectivity index (χ1v) is 13.3. The van der Waals surface area contributed by atoms with Crippen molar-refractivity contribution in [3.05, 3.63) is 87.9 Å². The van der Waals surface area contributed by atoms with Crippen LogP contribution in [0.15, 0.2) is 66.0 Å². The second-order valence-corrected chi connectivity index (χ2v) is 10.1. The predicted molar refractivity (Wildman–Crippen MR) is 143 cm³/mol. The van der Waals surface area contributed by atoms with Gasteiger partial charge in [0.15, 0.2) is 0 Å². The lowest BCUT2D eigenvalue weighted by molar-refractivity contribution is -0.127. The Morgan fingerprint density at radius 3 is 2.62 bits per heavy atom. The lowest BCUT2D eigenvalue weighted by Crippen LogP contribution is -2.57. The SMILES string of the molecule is COc1cccc(CN(Cc2ccc(F)cc2)C2CCN(C(=O)c3cccs3)[C@@H](C(=O)NCCN)C2)c1. The van der Waals surface area contributed by atoms with Gasteiger partial charge in [0.1, 0.15) is 17.6 Å². The number of halogens is 1. The van der Waals surface area contributed by atoms with E-state index in [1.165, 1.54) is 23.5 Å². The van der Waals surface area contributed by atoms with Crippen LogP contribution in [0.5, 0.6) is 5.75 Å². The van der Waals surface area contributed by atoms with Crippen LogP contribution in [0.25, 0.3) is 0 Å². The molecule has 37 heavy (non-hydrogen) atoms. The number of nitrogens with two attached hydrogens (primary N) is 1. The summed E-state index contributed by atoms with van der Waals surface area (Å²) in [6.07, 6.45) is 1.20. The molecule has 1 saturated heterocycles. The van der Waals surface area contributed by atoms with E-state index in [9.17, 15) is 14.0 Å². The molecule has 0 aliphatic carbocycles. The zero-order valence-electron chi connectivity index (χ0n) is 20.9. The van der Waals surface area contributed by atoms with Crippen molar-refractivity contribution in [1.29, 1.82) is 0 Å². The van der Waals surface area contributed by atoms with Gasteiger partial charge in [0.2, 0.25) is 5.91 Å². The number of hydrogen-bond donors (Lipinski definition) is 2. The maximum absolute atomic E-state index is 13.6. The number of benzene rings is 2. The van der Waals surface area contributed by atoms with Crippen molar-refractivity contribution in [3.8, 4) is 5.75 Å². The molecule has 196 valence electrons. The van der Waals surface area contributed by atoms with Crippen LogP contribution in [-0.2, 0) is 17.9 Å². The number of piperidine rings is 1. The molecule has 2 amide bonds. The highest BCUT2D eigenvalue weighted by Gasteiger charge is 2.38. The highest BCUT2D eigenvalue weighted by molar-refractivity contribution is 7.12. The second kappa shape index (κ2) is 12.8. The molecule has 2 heterocycles. The molecule has 1 aliphatic rings. The highest BCUT2D eigenvalue weighted by Crippen LogP contribution is 2.28. The summed E-state index contributed by atoms with van der Waals surface area (Å²) in [5, 5.41) is 4.74. The zero-order chi connectivity index (χ0) is 26.2. The third-order valence-corrected chi connectivity index (χ3v) is 7.51. The van der Waals surface area contributed by atoms with Gasteiger partial charge >= 0.3 is 0 Å². The first-order valence-electron chi connectivity index (χ1n) is 12.4. The van der Waals surface area contributed by atoms with Crippen molar-refractivity contribution < 1.29 is 18.7 Å². The topological polar surface area (TPSA) is 87.9 Å². The van der Waals surface area contributed by atoms with Crippen molar-refractivity contribution >= 4 is 23.2 Å². The molecule has 7 nitrogen and oxygen atoms in total. The summed E-state index contributed by atoms with van der Waals surface area (Å²) in [5.41, 5.74) is 7.67. The van der Waals surface area contributed by atoms with E-state index in [1.54, 1.807) is 30.2 Å². The Labute approximate surface area is 221 Å². The predicted octanol–water partition coefficient (Wildman–Crippen LogP) is 3.65. The normalized spacial score (nSPS) is 17.6. The summed E-state index contributed by atoms with van der Waals surface area (Å²) in [6, 6.07) is 17.4. The van der Waals surface area contributed by atoms with E-state index in [2.05, 4.69) is 10.2 Å². The van der Waals surface area contributed by atoms with Crippen LogP contribution in [0, 0.1) is 5.82 Å². The highest BCUT2D eigenvalue weighted by atomic mass is 32.1. The van der Waals surface area contributed by atoms with Gasteiger partial charge in [0.05, 0.1) is 12.0 Å². The van der Waals surface area contributed by atoms with Gasteiger partial charge in [0.25, 0.3) is 5.91 Å². The average Bonchev–Trinajstić information content (AvgIpc) is 3.47. The van der Waals surface area contributed by atoms with E-state index in [-0.39, 0.29) is 23.7 Å². The van der Waals surface area contributed by atoms with Crippen LogP contribution >= 0.6 is 11.3 Å². The van der Waals surface area contributed by atoms with Gasteiger partial charge in [-0.3, -0.25) is 14.5 Å². The van der Waals surface area contributed by atoms with Crippen LogP contribution in [0.4, 0.5) is 4.39 Å². The largest absolute Gasteiger partial charge is 0.497 e. The summed E-state index contributed by atoms with van der Waals surface area (Å²) in [6.45, 7) is 2.34. The molecule has 1 aromatic heterocycles. The summed E-state index contributed by atoms with van der Waals surface area (Å²) in [4.78, 5) is 31.1. The molecule has 2 aromatic carbocycles. The third-order valence-electron chi connectivity index (χ3n) is 6.65. The molecular formula is C28H33FN4O3S. The van der Waals surface area contributed by atoms with E-state index in [0.29, 0.717) is 50.4 Å². The summed E-state index contributed by atoms with van der Waals surface area (Å²) in [5.74, 6) is 0.178. The molecule has 0 bridgehead atoms. The van der Waals surface area contributed by atoms with Gasteiger partial charge in [-0.15, -0.1) is 11.3 Å². The summed E-state index contributed by atoms with van der Waals surface area (Å²) in [7, 11) is 1.64. The fourth-order valence-electron chi connectivity index (χ4n) is 4.77. The lowest BCUT2D eigenvalue weighted by atomic mass is 9.93. The van der Waals surface area contributed by atoms with Gasteiger partial charge in [-0.25, -0.2) is 4.39 Å². The molecule has 1 unspecified atom stereocenters. The molecule has 2 atom stereocenters. The fourth-order valence-corrected chi connectivity index (χ4v) is 5.45. The standard InChI is InChI=1S/C28H33FN4O3S/c1-36-24-5-2-4-21(16-24)19-32(18-20-7-9-22(29)10-8-20)23-11-14-33(28(35)26-6-3-15-37-26)25(17-23)27(34)31-13-12-30/h2-10,15-16,23,25H,11-14,17-19,30H2,1H3,(H,31,34)/t23?,25-/m1/s1. The number of carbonyl (C=O) groups is 2.